The van der Waals surface area contributed by atoms with E-state index in [4.69, 9.17) is 9.84 Å². The minimum atomic E-state index is -0.975. The second kappa shape index (κ2) is 4.04. The van der Waals surface area contributed by atoms with Crippen LogP contribution in [0.2, 0.25) is 0 Å². The van der Waals surface area contributed by atoms with Crippen molar-refractivity contribution in [3.63, 3.8) is 0 Å². The quantitative estimate of drug-likeness (QED) is 0.569. The number of carbonyl (C=O) groups is 2. The SMILES string of the molecule is C=C1C(CC(=O)O)OC(=O)C1(CC)CC. The van der Waals surface area contributed by atoms with Crippen molar-refractivity contribution < 1.29 is 19.4 Å². The van der Waals surface area contributed by atoms with E-state index < -0.39 is 17.5 Å². The molecule has 0 aromatic carbocycles. The molecule has 0 saturated carbocycles. The normalized spacial score (nSPS) is 24.0. The van der Waals surface area contributed by atoms with Crippen molar-refractivity contribution in [1.29, 1.82) is 0 Å². The van der Waals surface area contributed by atoms with E-state index in [1.807, 2.05) is 13.8 Å². The summed E-state index contributed by atoms with van der Waals surface area (Å²) in [5, 5.41) is 8.66. The summed E-state index contributed by atoms with van der Waals surface area (Å²) >= 11 is 0. The molecule has 84 valence electrons. The van der Waals surface area contributed by atoms with Gasteiger partial charge < -0.3 is 9.84 Å². The maximum atomic E-state index is 11.7. The van der Waals surface area contributed by atoms with E-state index in [0.717, 1.165) is 0 Å². The number of hydrogen-bond acceptors (Lipinski definition) is 3. The number of ether oxygens (including phenoxy) is 1. The van der Waals surface area contributed by atoms with Crippen LogP contribution >= 0.6 is 0 Å². The van der Waals surface area contributed by atoms with Gasteiger partial charge in [-0.25, -0.2) is 0 Å². The van der Waals surface area contributed by atoms with Gasteiger partial charge in [0.25, 0.3) is 0 Å². The summed E-state index contributed by atoms with van der Waals surface area (Å²) in [6, 6.07) is 0. The molecule has 1 aliphatic rings. The Morgan fingerprint density at radius 2 is 2.07 bits per heavy atom. The summed E-state index contributed by atoms with van der Waals surface area (Å²) in [5.41, 5.74) is -0.0555. The molecule has 1 atom stereocenters. The van der Waals surface area contributed by atoms with Crippen molar-refractivity contribution in [3.8, 4) is 0 Å². The van der Waals surface area contributed by atoms with Crippen LogP contribution in [0.15, 0.2) is 12.2 Å². The van der Waals surface area contributed by atoms with Crippen molar-refractivity contribution in [3.05, 3.63) is 12.2 Å². The highest BCUT2D eigenvalue weighted by atomic mass is 16.6. The molecule has 0 aromatic heterocycles. The fraction of sp³-hybridized carbons (Fsp3) is 0.636. The molecule has 1 fully saturated rings. The van der Waals surface area contributed by atoms with E-state index in [0.29, 0.717) is 18.4 Å². The largest absolute Gasteiger partial charge is 0.481 e. The van der Waals surface area contributed by atoms with Crippen LogP contribution in [-0.4, -0.2) is 23.1 Å². The maximum absolute atomic E-state index is 11.7. The summed E-state index contributed by atoms with van der Waals surface area (Å²) in [6.07, 6.45) is 0.371. The second-order valence-corrected chi connectivity index (χ2v) is 3.81. The summed E-state index contributed by atoms with van der Waals surface area (Å²) in [4.78, 5) is 22.2. The van der Waals surface area contributed by atoms with Crippen LogP contribution in [-0.2, 0) is 14.3 Å². The molecule has 0 aromatic rings. The Morgan fingerprint density at radius 3 is 2.40 bits per heavy atom. The maximum Gasteiger partial charge on any atom is 0.316 e. The average molecular weight is 212 g/mol. The van der Waals surface area contributed by atoms with Gasteiger partial charge >= 0.3 is 11.9 Å². The molecule has 4 heteroatoms. The second-order valence-electron chi connectivity index (χ2n) is 3.81. The van der Waals surface area contributed by atoms with Gasteiger partial charge in [0, 0.05) is 0 Å². The third-order valence-corrected chi connectivity index (χ3v) is 3.21. The zero-order valence-corrected chi connectivity index (χ0v) is 9.08. The van der Waals surface area contributed by atoms with E-state index in [1.165, 1.54) is 0 Å². The first-order valence-electron chi connectivity index (χ1n) is 5.10. The Kier molecular flexibility index (Phi) is 3.17. The van der Waals surface area contributed by atoms with Crippen molar-refractivity contribution in [2.75, 3.05) is 0 Å². The summed E-state index contributed by atoms with van der Waals surface area (Å²) in [7, 11) is 0. The highest BCUT2D eigenvalue weighted by Gasteiger charge is 2.50. The van der Waals surface area contributed by atoms with Gasteiger partial charge in [-0.1, -0.05) is 20.4 Å². The van der Waals surface area contributed by atoms with Crippen LogP contribution in [0, 0.1) is 5.41 Å². The molecular formula is C11H16O4. The molecule has 1 aliphatic heterocycles. The van der Waals surface area contributed by atoms with E-state index >= 15 is 0 Å². The third-order valence-electron chi connectivity index (χ3n) is 3.21. The lowest BCUT2D eigenvalue weighted by Gasteiger charge is -2.22. The van der Waals surface area contributed by atoms with E-state index in [9.17, 15) is 9.59 Å². The summed E-state index contributed by atoms with van der Waals surface area (Å²) < 4.78 is 5.06. The Bertz CT molecular complexity index is 302. The number of carbonyl (C=O) groups excluding carboxylic acids is 1. The van der Waals surface area contributed by atoms with Crippen LogP contribution < -0.4 is 0 Å². The number of hydrogen-bond donors (Lipinski definition) is 1. The van der Waals surface area contributed by atoms with E-state index in [2.05, 4.69) is 6.58 Å². The predicted octanol–water partition coefficient (Wildman–Crippen LogP) is 1.75. The van der Waals surface area contributed by atoms with Crippen LogP contribution in [0.1, 0.15) is 33.1 Å². The zero-order valence-electron chi connectivity index (χ0n) is 9.08. The number of esters is 1. The van der Waals surface area contributed by atoms with Crippen LogP contribution in [0.5, 0.6) is 0 Å². The third kappa shape index (κ3) is 1.76. The van der Waals surface area contributed by atoms with Gasteiger partial charge in [0.05, 0.1) is 11.8 Å². The van der Waals surface area contributed by atoms with Gasteiger partial charge in [0.2, 0.25) is 0 Å². The molecule has 4 nitrogen and oxygen atoms in total. The van der Waals surface area contributed by atoms with Gasteiger partial charge in [0.1, 0.15) is 6.10 Å². The Morgan fingerprint density at radius 1 is 1.53 bits per heavy atom. The molecule has 0 amide bonds. The molecule has 15 heavy (non-hydrogen) atoms. The monoisotopic (exact) mass is 212 g/mol. The van der Waals surface area contributed by atoms with Gasteiger partial charge in [-0.3, -0.25) is 9.59 Å². The van der Waals surface area contributed by atoms with Crippen molar-refractivity contribution in [2.45, 2.75) is 39.2 Å². The van der Waals surface area contributed by atoms with Gasteiger partial charge in [-0.2, -0.15) is 0 Å². The van der Waals surface area contributed by atoms with Crippen LogP contribution in [0.4, 0.5) is 0 Å². The first kappa shape index (κ1) is 11.8. The number of cyclic esters (lactones) is 1. The van der Waals surface area contributed by atoms with Gasteiger partial charge in [0.15, 0.2) is 0 Å². The Labute approximate surface area is 88.9 Å². The lowest BCUT2D eigenvalue weighted by atomic mass is 9.76. The summed E-state index contributed by atoms with van der Waals surface area (Å²) in [6.45, 7) is 7.60. The van der Waals surface area contributed by atoms with Crippen molar-refractivity contribution in [1.82, 2.24) is 0 Å². The number of rotatable bonds is 4. The molecule has 0 aliphatic carbocycles. The zero-order chi connectivity index (χ0) is 11.6. The molecule has 0 bridgehead atoms. The van der Waals surface area contributed by atoms with E-state index in [1.54, 1.807) is 0 Å². The fourth-order valence-electron chi connectivity index (χ4n) is 2.07. The van der Waals surface area contributed by atoms with Gasteiger partial charge in [-0.05, 0) is 18.4 Å². The van der Waals surface area contributed by atoms with Crippen LogP contribution in [0.25, 0.3) is 0 Å². The van der Waals surface area contributed by atoms with E-state index in [-0.39, 0.29) is 12.4 Å². The number of carboxylic acid groups (broad SMARTS) is 1. The van der Waals surface area contributed by atoms with Crippen molar-refractivity contribution >= 4 is 11.9 Å². The first-order chi connectivity index (χ1) is 6.97. The minimum absolute atomic E-state index is 0.188. The summed E-state index contributed by atoms with van der Waals surface area (Å²) in [5.74, 6) is -1.30. The highest BCUT2D eigenvalue weighted by molar-refractivity contribution is 5.85. The van der Waals surface area contributed by atoms with Crippen LogP contribution in [0.3, 0.4) is 0 Å². The molecule has 1 saturated heterocycles. The standard InChI is InChI=1S/C11H16O4/c1-4-11(5-2)7(3)8(6-9(12)13)15-10(11)14/h8H,3-6H2,1-2H3,(H,12,13). The van der Waals surface area contributed by atoms with Crippen molar-refractivity contribution in [2.24, 2.45) is 5.41 Å². The smallest absolute Gasteiger partial charge is 0.316 e. The highest BCUT2D eigenvalue weighted by Crippen LogP contribution is 2.44. The molecule has 0 spiro atoms. The molecule has 1 N–H and O–H groups in total. The Balaban J connectivity index is 2.92. The lowest BCUT2D eigenvalue weighted by Crippen LogP contribution is -2.26. The Hall–Kier alpha value is -1.32. The lowest BCUT2D eigenvalue weighted by molar-refractivity contribution is -0.151. The predicted molar refractivity (Wildman–Crippen MR) is 54.3 cm³/mol. The fourth-order valence-corrected chi connectivity index (χ4v) is 2.07. The number of aliphatic carboxylic acids is 1. The molecule has 1 rings (SSSR count). The average Bonchev–Trinajstić information content (AvgIpc) is 2.39. The molecule has 0 radical (unpaired) electrons. The molecular weight excluding hydrogens is 196 g/mol. The molecule has 1 unspecified atom stereocenters. The topological polar surface area (TPSA) is 63.6 Å². The number of carboxylic acids is 1. The van der Waals surface area contributed by atoms with Gasteiger partial charge in [-0.15, -0.1) is 0 Å². The molecule has 1 heterocycles. The minimum Gasteiger partial charge on any atom is -0.481 e. The first-order valence-corrected chi connectivity index (χ1v) is 5.10.